The summed E-state index contributed by atoms with van der Waals surface area (Å²) in [6, 6.07) is 7.45. The molecule has 10 heteroatoms. The third-order valence-electron chi connectivity index (χ3n) is 6.31. The number of thiophene rings is 1. The van der Waals surface area contributed by atoms with Gasteiger partial charge < -0.3 is 15.7 Å². The van der Waals surface area contributed by atoms with Gasteiger partial charge in [-0.05, 0) is 37.1 Å². The van der Waals surface area contributed by atoms with Gasteiger partial charge >= 0.3 is 0 Å². The van der Waals surface area contributed by atoms with Crippen molar-refractivity contribution in [2.75, 3.05) is 17.2 Å². The summed E-state index contributed by atoms with van der Waals surface area (Å²) in [5.41, 5.74) is 0.645. The van der Waals surface area contributed by atoms with Gasteiger partial charge in [-0.3, -0.25) is 10.00 Å². The summed E-state index contributed by atoms with van der Waals surface area (Å²) in [6.45, 7) is 0.790. The lowest BCUT2D eigenvalue weighted by atomic mass is 9.81. The molecule has 2 bridgehead atoms. The largest absolute Gasteiger partial charge is 0.390 e. The van der Waals surface area contributed by atoms with Gasteiger partial charge in [0.1, 0.15) is 10.6 Å². The molecule has 0 aliphatic carbocycles. The van der Waals surface area contributed by atoms with Crippen LogP contribution in [0.25, 0.3) is 10.2 Å². The Morgan fingerprint density at radius 1 is 1.29 bits per heavy atom. The second-order valence-electron chi connectivity index (χ2n) is 8.29. The highest BCUT2D eigenvalue weighted by Crippen LogP contribution is 2.36. The predicted molar refractivity (Wildman–Crippen MR) is 120 cm³/mol. The van der Waals surface area contributed by atoms with Gasteiger partial charge in [-0.2, -0.15) is 15.3 Å². The number of hydrogen-bond donors (Lipinski definition) is 4. The first kappa shape index (κ1) is 20.2. The minimum absolute atomic E-state index is 0.0888. The van der Waals surface area contributed by atoms with Crippen molar-refractivity contribution in [2.45, 2.75) is 63.3 Å². The number of rotatable bonds is 7. The molecule has 5 heterocycles. The van der Waals surface area contributed by atoms with Crippen molar-refractivity contribution < 1.29 is 5.11 Å². The van der Waals surface area contributed by atoms with Crippen LogP contribution in [0.15, 0.2) is 17.5 Å². The zero-order valence-corrected chi connectivity index (χ0v) is 18.0. The average Bonchev–Trinajstić information content (AvgIpc) is 3.41. The maximum Gasteiger partial charge on any atom is 0.226 e. The highest BCUT2D eigenvalue weighted by Gasteiger charge is 2.38. The van der Waals surface area contributed by atoms with E-state index in [-0.39, 0.29) is 6.61 Å². The summed E-state index contributed by atoms with van der Waals surface area (Å²) >= 11 is 1.59. The number of H-pyrrole nitrogens is 1. The second kappa shape index (κ2) is 8.78. The number of nitrogens with one attached hydrogen (secondary N) is 3. The van der Waals surface area contributed by atoms with Crippen LogP contribution >= 0.6 is 11.3 Å². The Hall–Kier alpha value is -2.74. The molecule has 5 rings (SSSR count). The molecular weight excluding hydrogens is 412 g/mol. The van der Waals surface area contributed by atoms with Gasteiger partial charge in [0.2, 0.25) is 5.95 Å². The van der Waals surface area contributed by atoms with E-state index in [0.29, 0.717) is 47.8 Å². The lowest BCUT2D eigenvalue weighted by Gasteiger charge is -2.48. The van der Waals surface area contributed by atoms with E-state index < -0.39 is 0 Å². The van der Waals surface area contributed by atoms with Crippen LogP contribution < -0.4 is 10.6 Å². The normalized spacial score (nSPS) is 23.5. The molecule has 3 aromatic rings. The smallest absolute Gasteiger partial charge is 0.226 e. The van der Waals surface area contributed by atoms with Crippen molar-refractivity contribution in [1.29, 1.82) is 5.26 Å². The summed E-state index contributed by atoms with van der Waals surface area (Å²) in [5, 5.41) is 35.1. The van der Waals surface area contributed by atoms with Gasteiger partial charge in [-0.25, -0.2) is 4.98 Å². The molecule has 2 atom stereocenters. The molecule has 162 valence electrons. The van der Waals surface area contributed by atoms with E-state index >= 15 is 0 Å². The molecule has 3 aromatic heterocycles. The summed E-state index contributed by atoms with van der Waals surface area (Å²) < 4.78 is 0. The Morgan fingerprint density at radius 2 is 2.13 bits per heavy atom. The maximum atomic E-state index is 9.26. The lowest BCUT2D eigenvalue weighted by molar-refractivity contribution is 0.0369. The Morgan fingerprint density at radius 3 is 2.87 bits per heavy atom. The Labute approximate surface area is 184 Å². The van der Waals surface area contributed by atoms with Gasteiger partial charge in [0.25, 0.3) is 0 Å². The van der Waals surface area contributed by atoms with E-state index in [1.165, 1.54) is 19.3 Å². The molecule has 0 spiro atoms. The van der Waals surface area contributed by atoms with Crippen LogP contribution in [0.5, 0.6) is 0 Å². The standard InChI is InChI=1S/C21H26N8OS/c22-6-2-7-29-15-3-1-4-16(29)10-13(9-15)23-21-25-19(17-5-8-31-20(17)26-21)24-18-11-14(12-30)27-28-18/h5,8,11,13,15-16,30H,1-4,7,9-10,12H2,(H3,23,24,25,26,27,28). The van der Waals surface area contributed by atoms with Crippen molar-refractivity contribution in [3.63, 3.8) is 0 Å². The molecule has 0 radical (unpaired) electrons. The molecule has 2 unspecified atom stereocenters. The van der Waals surface area contributed by atoms with E-state index in [9.17, 15) is 5.11 Å². The minimum Gasteiger partial charge on any atom is -0.390 e. The van der Waals surface area contributed by atoms with Crippen LogP contribution in [-0.2, 0) is 6.61 Å². The Balaban J connectivity index is 1.34. The Bertz CT molecular complexity index is 1070. The number of aliphatic hydroxyl groups excluding tert-OH is 1. The summed E-state index contributed by atoms with van der Waals surface area (Å²) in [6.07, 6.45) is 6.37. The van der Waals surface area contributed by atoms with Gasteiger partial charge in [0.15, 0.2) is 5.82 Å². The number of aromatic nitrogens is 4. The first-order chi connectivity index (χ1) is 15.2. The number of hydrogen-bond acceptors (Lipinski definition) is 9. The van der Waals surface area contributed by atoms with E-state index in [1.807, 2.05) is 11.4 Å². The molecule has 31 heavy (non-hydrogen) atoms. The SMILES string of the molecule is N#CCCN1C2CCCC1CC(Nc1nc(Nc3cc(CO)[nH]n3)c3ccsc3n1)C2. The number of aromatic amines is 1. The van der Waals surface area contributed by atoms with Gasteiger partial charge in [0.05, 0.1) is 23.8 Å². The number of fused-ring (bicyclic) bond motifs is 3. The predicted octanol–water partition coefficient (Wildman–Crippen LogP) is 3.36. The fraction of sp³-hybridized carbons (Fsp3) is 0.524. The fourth-order valence-electron chi connectivity index (χ4n) is 4.97. The summed E-state index contributed by atoms with van der Waals surface area (Å²) in [4.78, 5) is 13.0. The average molecular weight is 439 g/mol. The topological polar surface area (TPSA) is 126 Å². The van der Waals surface area contributed by atoms with E-state index in [4.69, 9.17) is 15.2 Å². The molecular formula is C21H26N8OS. The number of nitrogens with zero attached hydrogens (tertiary/aromatic N) is 5. The number of nitriles is 1. The third-order valence-corrected chi connectivity index (χ3v) is 7.12. The lowest BCUT2D eigenvalue weighted by Crippen LogP contribution is -2.55. The number of piperidine rings is 2. The zero-order valence-electron chi connectivity index (χ0n) is 17.2. The zero-order chi connectivity index (χ0) is 21.2. The number of aliphatic hydroxyl groups is 1. The van der Waals surface area contributed by atoms with Gasteiger partial charge in [0, 0.05) is 37.2 Å². The first-order valence-electron chi connectivity index (χ1n) is 10.8. The first-order valence-corrected chi connectivity index (χ1v) is 11.7. The van der Waals surface area contributed by atoms with Crippen molar-refractivity contribution >= 4 is 39.1 Å². The molecule has 2 aliphatic rings. The molecule has 2 fully saturated rings. The summed E-state index contributed by atoms with van der Waals surface area (Å²) in [5.74, 6) is 1.95. The fourth-order valence-corrected chi connectivity index (χ4v) is 5.73. The highest BCUT2D eigenvalue weighted by molar-refractivity contribution is 7.16. The molecule has 0 saturated carbocycles. The molecule has 4 N–H and O–H groups in total. The van der Waals surface area contributed by atoms with Crippen molar-refractivity contribution in [1.82, 2.24) is 25.1 Å². The van der Waals surface area contributed by atoms with Crippen LogP contribution in [-0.4, -0.2) is 54.8 Å². The molecule has 2 saturated heterocycles. The van der Waals surface area contributed by atoms with Crippen molar-refractivity contribution in [3.8, 4) is 6.07 Å². The molecule has 9 nitrogen and oxygen atoms in total. The highest BCUT2D eigenvalue weighted by atomic mass is 32.1. The van der Waals surface area contributed by atoms with E-state index in [0.717, 1.165) is 29.6 Å². The second-order valence-corrected chi connectivity index (χ2v) is 9.19. The monoisotopic (exact) mass is 438 g/mol. The van der Waals surface area contributed by atoms with E-state index in [2.05, 4.69) is 31.8 Å². The van der Waals surface area contributed by atoms with E-state index in [1.54, 1.807) is 17.4 Å². The Kier molecular flexibility index (Phi) is 5.72. The van der Waals surface area contributed by atoms with Crippen LogP contribution in [0, 0.1) is 11.3 Å². The minimum atomic E-state index is -0.0888. The van der Waals surface area contributed by atoms with Gasteiger partial charge in [-0.15, -0.1) is 11.3 Å². The maximum absolute atomic E-state index is 9.26. The quantitative estimate of drug-likeness (QED) is 0.442. The van der Waals surface area contributed by atoms with Gasteiger partial charge in [-0.1, -0.05) is 6.42 Å². The van der Waals surface area contributed by atoms with Crippen LogP contribution in [0.4, 0.5) is 17.6 Å². The van der Waals surface area contributed by atoms with Crippen LogP contribution in [0.3, 0.4) is 0 Å². The molecule has 0 aromatic carbocycles. The van der Waals surface area contributed by atoms with Crippen molar-refractivity contribution in [3.05, 3.63) is 23.2 Å². The number of anilines is 3. The molecule has 2 aliphatic heterocycles. The van der Waals surface area contributed by atoms with Crippen LogP contribution in [0.1, 0.15) is 44.2 Å². The summed E-state index contributed by atoms with van der Waals surface area (Å²) in [7, 11) is 0. The van der Waals surface area contributed by atoms with Crippen molar-refractivity contribution in [2.24, 2.45) is 0 Å². The third kappa shape index (κ3) is 4.21. The van der Waals surface area contributed by atoms with Crippen LogP contribution in [0.2, 0.25) is 0 Å². The molecule has 0 amide bonds.